The van der Waals surface area contributed by atoms with Gasteiger partial charge in [0.05, 0.1) is 18.4 Å². The van der Waals surface area contributed by atoms with Gasteiger partial charge in [0, 0.05) is 45.7 Å². The van der Waals surface area contributed by atoms with Gasteiger partial charge in [0.2, 0.25) is 12.4 Å². The lowest BCUT2D eigenvalue weighted by molar-refractivity contribution is -0.882. The van der Waals surface area contributed by atoms with Gasteiger partial charge < -0.3 is 24.9 Å². The van der Waals surface area contributed by atoms with Crippen LogP contribution in [-0.4, -0.2) is 37.4 Å². The Morgan fingerprint density at radius 3 is 1.21 bits per heavy atom. The number of aromatic nitrogens is 2. The zero-order valence-electron chi connectivity index (χ0n) is 32.8. The molecule has 0 saturated heterocycles. The molecule has 0 radical (unpaired) electrons. The molecule has 296 valence electrons. The van der Waals surface area contributed by atoms with Gasteiger partial charge in [-0.05, 0) is 104 Å². The van der Waals surface area contributed by atoms with Crippen molar-refractivity contribution in [3.8, 4) is 34.0 Å². The summed E-state index contributed by atoms with van der Waals surface area (Å²) in [6, 6.07) is 56.8. The van der Waals surface area contributed by atoms with E-state index in [9.17, 15) is 20.3 Å². The number of phenolic OH excluding ortho intramolecular Hbond substituents is 2. The van der Waals surface area contributed by atoms with Crippen LogP contribution in [0.1, 0.15) is 43.4 Å². The molecule has 9 nitrogen and oxygen atoms in total. The number of benzene rings is 5. The Bertz CT molecular complexity index is 2020. The smallest absolute Gasteiger partial charge is 0.264 e. The Hall–Kier alpha value is -6.46. The van der Waals surface area contributed by atoms with Crippen LogP contribution in [0.15, 0.2) is 188 Å². The van der Waals surface area contributed by atoms with E-state index in [1.165, 1.54) is 16.7 Å². The molecule has 0 amide bonds. The minimum Gasteiger partial charge on any atom is -0.871 e. The van der Waals surface area contributed by atoms with Gasteiger partial charge in [-0.3, -0.25) is 9.68 Å². The topological polar surface area (TPSA) is 122 Å². The van der Waals surface area contributed by atoms with Gasteiger partial charge in [0.15, 0.2) is 13.2 Å². The van der Waals surface area contributed by atoms with Gasteiger partial charge in [-0.2, -0.15) is 0 Å². The van der Waals surface area contributed by atoms with Crippen molar-refractivity contribution in [2.75, 3.05) is 19.8 Å². The second kappa shape index (κ2) is 22.3. The quantitative estimate of drug-likeness (QED) is 0.0592. The molecule has 7 rings (SSSR count). The minimum absolute atomic E-state index is 0.159. The highest BCUT2D eigenvalue weighted by Crippen LogP contribution is 2.43. The number of nitrogens with zero attached hydrogens (tertiary/aromatic N) is 2. The van der Waals surface area contributed by atoms with E-state index in [1.54, 1.807) is 33.7 Å². The maximum Gasteiger partial charge on any atom is 0.264 e. The average Bonchev–Trinajstić information content (AvgIpc) is 3.26. The summed E-state index contributed by atoms with van der Waals surface area (Å²) in [5, 5.41) is 39.8. The summed E-state index contributed by atoms with van der Waals surface area (Å²) in [5.41, 5.74) is 7.11. The molecule has 0 atom stereocenters. The zero-order chi connectivity index (χ0) is 41.0. The Morgan fingerprint density at radius 1 is 0.500 bits per heavy atom. The van der Waals surface area contributed by atoms with E-state index < -0.39 is 7.32 Å². The summed E-state index contributed by atoms with van der Waals surface area (Å²) in [4.78, 5) is 11.0. The molecule has 2 N–H and O–H groups in total. The first kappa shape index (κ1) is 42.7. The van der Waals surface area contributed by atoms with Crippen LogP contribution in [0.4, 0.5) is 0 Å². The van der Waals surface area contributed by atoms with Crippen molar-refractivity contribution < 1.29 is 44.1 Å². The molecule has 2 aromatic heterocycles. The molecule has 0 spiro atoms. The van der Waals surface area contributed by atoms with E-state index in [0.29, 0.717) is 19.6 Å². The van der Waals surface area contributed by atoms with Crippen LogP contribution < -0.4 is 29.2 Å². The minimum atomic E-state index is -2.23. The number of hydrogen-bond acceptors (Lipinski definition) is 7. The third-order valence-electron chi connectivity index (χ3n) is 9.26. The van der Waals surface area contributed by atoms with Gasteiger partial charge in [-0.1, -0.05) is 91.0 Å². The van der Waals surface area contributed by atoms with Gasteiger partial charge in [-0.15, -0.1) is 0 Å². The van der Waals surface area contributed by atoms with Crippen molar-refractivity contribution in [3.63, 3.8) is 0 Å². The standard InChI is InChI=1S/C22H21BO3.2C13H13NO2/c24-23(25)26-18-10-17-22(19-11-4-1-5-12-19,20-13-6-2-7-14-20)21-15-8-3-9-16-21;2*1-2-16-14-10-4-3-5-13(14)11-6-8-12(15)9-7-11/h1-9,11-16H,10,17-18H2;2*3-10H,2H2,1H3/q-2;;/p+2. The van der Waals surface area contributed by atoms with Gasteiger partial charge >= 0.3 is 0 Å². The maximum atomic E-state index is 10.7. The second-order valence-corrected chi connectivity index (χ2v) is 13.0. The Labute approximate surface area is 341 Å². The number of aromatic hydroxyl groups is 2. The van der Waals surface area contributed by atoms with E-state index in [0.717, 1.165) is 28.9 Å². The highest BCUT2D eigenvalue weighted by molar-refractivity contribution is 6.28. The van der Waals surface area contributed by atoms with Crippen molar-refractivity contribution in [2.45, 2.75) is 32.1 Å². The van der Waals surface area contributed by atoms with Crippen LogP contribution in [0.25, 0.3) is 22.5 Å². The van der Waals surface area contributed by atoms with Gasteiger partial charge in [0.25, 0.3) is 11.4 Å². The lowest BCUT2D eigenvalue weighted by Crippen LogP contribution is -2.48. The molecular formula is C48H49BN2O7. The summed E-state index contributed by atoms with van der Waals surface area (Å²) in [5.74, 6) is 0.533. The zero-order valence-corrected chi connectivity index (χ0v) is 32.8. The summed E-state index contributed by atoms with van der Waals surface area (Å²) in [6.45, 7) is 5.27. The van der Waals surface area contributed by atoms with Gasteiger partial charge in [-0.25, -0.2) is 0 Å². The summed E-state index contributed by atoms with van der Waals surface area (Å²) in [6.07, 6.45) is 5.08. The first-order chi connectivity index (χ1) is 28.3. The predicted molar refractivity (Wildman–Crippen MR) is 222 cm³/mol. The third kappa shape index (κ3) is 11.8. The SMILES string of the molecule is CCO[n+]1ccccc1-c1ccc(O)cc1.CCO[n+]1ccccc1-c1ccc(O)cc1.[O-]B([O-])OCCCC(c1ccccc1)(c1ccccc1)c1ccccc1. The molecule has 0 unspecified atom stereocenters. The van der Waals surface area contributed by atoms with Gasteiger partial charge in [0.1, 0.15) is 11.5 Å². The largest absolute Gasteiger partial charge is 0.871 e. The van der Waals surface area contributed by atoms with E-state index >= 15 is 0 Å². The van der Waals surface area contributed by atoms with Crippen LogP contribution in [0.3, 0.4) is 0 Å². The molecule has 0 fully saturated rings. The fourth-order valence-electron chi connectivity index (χ4n) is 6.69. The molecule has 2 heterocycles. The van der Waals surface area contributed by atoms with Crippen molar-refractivity contribution in [1.29, 1.82) is 0 Å². The number of rotatable bonds is 14. The second-order valence-electron chi connectivity index (χ2n) is 13.0. The predicted octanol–water partition coefficient (Wildman–Crippen LogP) is 6.11. The van der Waals surface area contributed by atoms with Crippen molar-refractivity contribution in [2.24, 2.45) is 0 Å². The van der Waals surface area contributed by atoms with Crippen molar-refractivity contribution in [1.82, 2.24) is 0 Å². The monoisotopic (exact) mass is 776 g/mol. The lowest BCUT2D eigenvalue weighted by Gasteiger charge is -2.37. The molecule has 7 aromatic rings. The molecule has 0 aliphatic rings. The normalized spacial score (nSPS) is 10.6. The maximum absolute atomic E-state index is 10.7. The van der Waals surface area contributed by atoms with E-state index in [2.05, 4.69) is 36.4 Å². The molecule has 5 aromatic carbocycles. The molecule has 0 aliphatic heterocycles. The van der Waals surface area contributed by atoms with E-state index in [4.69, 9.17) is 14.3 Å². The molecule has 0 saturated carbocycles. The van der Waals surface area contributed by atoms with Crippen molar-refractivity contribution in [3.05, 3.63) is 205 Å². The fraction of sp³-hybridized carbons (Fsp3) is 0.167. The lowest BCUT2D eigenvalue weighted by atomic mass is 9.67. The van der Waals surface area contributed by atoms with E-state index in [-0.39, 0.29) is 23.5 Å². The van der Waals surface area contributed by atoms with Crippen molar-refractivity contribution >= 4 is 7.32 Å². The highest BCUT2D eigenvalue weighted by atomic mass is 16.7. The first-order valence-electron chi connectivity index (χ1n) is 19.3. The number of phenols is 2. The molecule has 0 bridgehead atoms. The molecule has 10 heteroatoms. The molecular weight excluding hydrogens is 727 g/mol. The Morgan fingerprint density at radius 2 is 0.862 bits per heavy atom. The summed E-state index contributed by atoms with van der Waals surface area (Å²) >= 11 is 0. The molecule has 0 aliphatic carbocycles. The van der Waals surface area contributed by atoms with Crippen LogP contribution in [0.5, 0.6) is 11.5 Å². The highest BCUT2D eigenvalue weighted by Gasteiger charge is 2.35. The van der Waals surface area contributed by atoms with Crippen LogP contribution >= 0.6 is 0 Å². The summed E-state index contributed by atoms with van der Waals surface area (Å²) < 4.78 is 8.19. The Kier molecular flexibility index (Phi) is 16.4. The Balaban J connectivity index is 0.000000174. The summed E-state index contributed by atoms with van der Waals surface area (Å²) in [7, 11) is -2.23. The number of pyridine rings is 2. The number of hydrogen-bond donors (Lipinski definition) is 2. The van der Waals surface area contributed by atoms with Crippen LogP contribution in [0.2, 0.25) is 0 Å². The molecule has 58 heavy (non-hydrogen) atoms. The average molecular weight is 777 g/mol. The van der Waals surface area contributed by atoms with E-state index in [1.807, 2.05) is 142 Å². The first-order valence-corrected chi connectivity index (χ1v) is 19.3. The fourth-order valence-corrected chi connectivity index (χ4v) is 6.69. The van der Waals surface area contributed by atoms with Crippen LogP contribution in [-0.2, 0) is 10.1 Å². The third-order valence-corrected chi connectivity index (χ3v) is 9.26. The van der Waals surface area contributed by atoms with Crippen LogP contribution in [0, 0.1) is 0 Å².